The molecule has 0 unspecified atom stereocenters. The standard InChI is InChI=1S/C44H28N2/c1-3-13-29(14-4-1)33-27-40(30-15-5-2-6-16-30)45-41(28-33)31-23-25-32(26-24-31)44-43-37-20-10-8-18-35(37)34-17-7-9-19-36(34)42(43)38-21-11-12-22-39(38)46-44/h1-28H. The van der Waals surface area contributed by atoms with Crippen molar-refractivity contribution < 1.29 is 0 Å². The van der Waals surface area contributed by atoms with Gasteiger partial charge in [0.15, 0.2) is 0 Å². The normalized spacial score (nSPS) is 11.5. The second kappa shape index (κ2) is 10.8. The lowest BCUT2D eigenvalue weighted by molar-refractivity contribution is 1.32. The van der Waals surface area contributed by atoms with Gasteiger partial charge in [-0.15, -0.1) is 0 Å². The maximum absolute atomic E-state index is 5.32. The molecule has 2 aromatic heterocycles. The molecule has 0 atom stereocenters. The van der Waals surface area contributed by atoms with Gasteiger partial charge in [0.2, 0.25) is 0 Å². The fraction of sp³-hybridized carbons (Fsp3) is 0. The summed E-state index contributed by atoms with van der Waals surface area (Å²) >= 11 is 0. The van der Waals surface area contributed by atoms with Crippen LogP contribution in [0, 0.1) is 0 Å². The molecule has 0 amide bonds. The molecular formula is C44H28N2. The van der Waals surface area contributed by atoms with Gasteiger partial charge in [0, 0.05) is 32.8 Å². The van der Waals surface area contributed by atoms with Crippen LogP contribution in [0.3, 0.4) is 0 Å². The van der Waals surface area contributed by atoms with Gasteiger partial charge in [-0.3, -0.25) is 0 Å². The second-order valence-corrected chi connectivity index (χ2v) is 11.8. The fourth-order valence-electron chi connectivity index (χ4n) is 6.87. The van der Waals surface area contributed by atoms with Gasteiger partial charge in [-0.05, 0) is 50.9 Å². The van der Waals surface area contributed by atoms with Crippen LogP contribution in [-0.4, -0.2) is 9.97 Å². The van der Waals surface area contributed by atoms with Crippen molar-refractivity contribution in [3.05, 3.63) is 170 Å². The number of nitrogens with zero attached hydrogens (tertiary/aromatic N) is 2. The lowest BCUT2D eigenvalue weighted by Gasteiger charge is -2.16. The number of hydrogen-bond acceptors (Lipinski definition) is 2. The first-order valence-corrected chi connectivity index (χ1v) is 15.7. The Balaban J connectivity index is 1.26. The molecule has 2 nitrogen and oxygen atoms in total. The van der Waals surface area contributed by atoms with Crippen molar-refractivity contribution in [1.82, 2.24) is 9.97 Å². The summed E-state index contributed by atoms with van der Waals surface area (Å²) in [4.78, 5) is 10.5. The number of rotatable bonds is 4. The fourth-order valence-corrected chi connectivity index (χ4v) is 6.87. The van der Waals surface area contributed by atoms with Crippen LogP contribution in [-0.2, 0) is 0 Å². The Morgan fingerprint density at radius 3 is 1.37 bits per heavy atom. The molecule has 2 heterocycles. The number of benzene rings is 7. The molecule has 0 aliphatic rings. The minimum absolute atomic E-state index is 0.944. The Morgan fingerprint density at radius 2 is 0.739 bits per heavy atom. The van der Waals surface area contributed by atoms with Crippen molar-refractivity contribution in [3.63, 3.8) is 0 Å². The molecule has 0 saturated carbocycles. The zero-order chi connectivity index (χ0) is 30.5. The van der Waals surface area contributed by atoms with E-state index in [0.29, 0.717) is 0 Å². The number of fused-ring (bicyclic) bond motifs is 8. The molecule has 0 bridgehead atoms. The van der Waals surface area contributed by atoms with Crippen LogP contribution in [0.1, 0.15) is 0 Å². The first-order chi connectivity index (χ1) is 22.8. The molecule has 9 aromatic rings. The maximum atomic E-state index is 5.32. The molecule has 0 aliphatic carbocycles. The van der Waals surface area contributed by atoms with Crippen LogP contribution in [0.15, 0.2) is 170 Å². The molecule has 0 N–H and O–H groups in total. The van der Waals surface area contributed by atoms with E-state index in [1.165, 1.54) is 43.3 Å². The van der Waals surface area contributed by atoms with Crippen molar-refractivity contribution in [2.75, 3.05) is 0 Å². The van der Waals surface area contributed by atoms with E-state index in [9.17, 15) is 0 Å². The molecule has 46 heavy (non-hydrogen) atoms. The third-order valence-electron chi connectivity index (χ3n) is 9.03. The minimum atomic E-state index is 0.944. The van der Waals surface area contributed by atoms with E-state index in [1.54, 1.807) is 0 Å². The largest absolute Gasteiger partial charge is 0.248 e. The van der Waals surface area contributed by atoms with Gasteiger partial charge in [-0.1, -0.05) is 152 Å². The number of aromatic nitrogens is 2. The molecule has 0 radical (unpaired) electrons. The van der Waals surface area contributed by atoms with Crippen molar-refractivity contribution in [2.45, 2.75) is 0 Å². The quantitative estimate of drug-likeness (QED) is 0.192. The highest BCUT2D eigenvalue weighted by Gasteiger charge is 2.17. The van der Waals surface area contributed by atoms with Gasteiger partial charge in [-0.25, -0.2) is 9.97 Å². The second-order valence-electron chi connectivity index (χ2n) is 11.8. The number of hydrogen-bond donors (Lipinski definition) is 0. The molecule has 0 fully saturated rings. The lowest BCUT2D eigenvalue weighted by Crippen LogP contribution is -1.94. The lowest BCUT2D eigenvalue weighted by atomic mass is 9.90. The maximum Gasteiger partial charge on any atom is 0.0794 e. The number of pyridine rings is 2. The van der Waals surface area contributed by atoms with Gasteiger partial charge in [-0.2, -0.15) is 0 Å². The summed E-state index contributed by atoms with van der Waals surface area (Å²) in [6.45, 7) is 0. The smallest absolute Gasteiger partial charge is 0.0794 e. The van der Waals surface area contributed by atoms with Gasteiger partial charge >= 0.3 is 0 Å². The van der Waals surface area contributed by atoms with Gasteiger partial charge in [0.05, 0.1) is 22.6 Å². The highest BCUT2D eigenvalue weighted by Crippen LogP contribution is 2.43. The Morgan fingerprint density at radius 1 is 0.283 bits per heavy atom. The van der Waals surface area contributed by atoms with E-state index >= 15 is 0 Å². The van der Waals surface area contributed by atoms with E-state index in [-0.39, 0.29) is 0 Å². The van der Waals surface area contributed by atoms with Crippen LogP contribution in [0.5, 0.6) is 0 Å². The monoisotopic (exact) mass is 584 g/mol. The Bertz CT molecular complexity index is 2490. The highest BCUT2D eigenvalue weighted by atomic mass is 14.7. The summed E-state index contributed by atoms with van der Waals surface area (Å²) < 4.78 is 0. The summed E-state index contributed by atoms with van der Waals surface area (Å²) in [5, 5.41) is 8.61. The summed E-state index contributed by atoms with van der Waals surface area (Å²) in [6, 6.07) is 60.1. The van der Waals surface area contributed by atoms with Crippen LogP contribution >= 0.6 is 0 Å². The predicted molar refractivity (Wildman–Crippen MR) is 194 cm³/mol. The Kier molecular flexibility index (Phi) is 6.17. The zero-order valence-electron chi connectivity index (χ0n) is 25.1. The van der Waals surface area contributed by atoms with E-state index < -0.39 is 0 Å². The molecule has 9 rings (SSSR count). The molecule has 0 spiro atoms. The average molecular weight is 585 g/mol. The van der Waals surface area contributed by atoms with Crippen LogP contribution in [0.4, 0.5) is 0 Å². The molecule has 7 aromatic carbocycles. The van der Waals surface area contributed by atoms with Crippen LogP contribution < -0.4 is 0 Å². The first-order valence-electron chi connectivity index (χ1n) is 15.7. The zero-order valence-corrected chi connectivity index (χ0v) is 25.1. The first kappa shape index (κ1) is 26.3. The predicted octanol–water partition coefficient (Wildman–Crippen LogP) is 11.8. The summed E-state index contributed by atoms with van der Waals surface area (Å²) in [5.41, 5.74) is 9.48. The highest BCUT2D eigenvalue weighted by molar-refractivity contribution is 6.33. The molecule has 0 saturated heterocycles. The summed E-state index contributed by atoms with van der Waals surface area (Å²) in [5.74, 6) is 0. The topological polar surface area (TPSA) is 25.8 Å². The van der Waals surface area contributed by atoms with Gasteiger partial charge in [0.1, 0.15) is 0 Å². The molecule has 0 aliphatic heterocycles. The van der Waals surface area contributed by atoms with E-state index in [1.807, 2.05) is 6.07 Å². The van der Waals surface area contributed by atoms with Gasteiger partial charge in [0.25, 0.3) is 0 Å². The van der Waals surface area contributed by atoms with E-state index in [4.69, 9.17) is 9.97 Å². The Hall–Kier alpha value is -6.12. The van der Waals surface area contributed by atoms with E-state index in [2.05, 4.69) is 164 Å². The average Bonchev–Trinajstić information content (AvgIpc) is 3.15. The van der Waals surface area contributed by atoms with Crippen molar-refractivity contribution in [3.8, 4) is 44.9 Å². The Labute approximate surface area is 267 Å². The van der Waals surface area contributed by atoms with Crippen LogP contribution in [0.2, 0.25) is 0 Å². The summed E-state index contributed by atoms with van der Waals surface area (Å²) in [7, 11) is 0. The SMILES string of the molecule is c1ccc(-c2cc(-c3ccccc3)nc(-c3ccc(-c4nc5ccccc5c5c6ccccc6c6ccccc6c45)cc3)c2)cc1. The third-order valence-corrected chi connectivity index (χ3v) is 9.03. The van der Waals surface area contributed by atoms with Crippen molar-refractivity contribution >= 4 is 43.2 Å². The van der Waals surface area contributed by atoms with E-state index in [0.717, 1.165) is 44.9 Å². The number of para-hydroxylation sites is 1. The van der Waals surface area contributed by atoms with Crippen LogP contribution in [0.25, 0.3) is 88.1 Å². The molecule has 214 valence electrons. The van der Waals surface area contributed by atoms with Crippen molar-refractivity contribution in [2.24, 2.45) is 0 Å². The third kappa shape index (κ3) is 4.35. The van der Waals surface area contributed by atoms with Gasteiger partial charge < -0.3 is 0 Å². The summed E-state index contributed by atoms with van der Waals surface area (Å²) in [6.07, 6.45) is 0. The van der Waals surface area contributed by atoms with Crippen molar-refractivity contribution in [1.29, 1.82) is 0 Å². The molecule has 2 heteroatoms. The minimum Gasteiger partial charge on any atom is -0.248 e. The molecular weight excluding hydrogens is 556 g/mol.